The third-order valence-electron chi connectivity index (χ3n) is 2.55. The summed E-state index contributed by atoms with van der Waals surface area (Å²) in [6.07, 6.45) is 4.81. The largest absolute Gasteiger partial charge is 0.480 e. The molecule has 1 saturated carbocycles. The zero-order valence-corrected chi connectivity index (χ0v) is 8.65. The van der Waals surface area contributed by atoms with Gasteiger partial charge in [-0.05, 0) is 25.7 Å². The fourth-order valence-corrected chi connectivity index (χ4v) is 1.68. The summed E-state index contributed by atoms with van der Waals surface area (Å²) in [7, 11) is 0. The van der Waals surface area contributed by atoms with Crippen LogP contribution in [0, 0.1) is 0 Å². The minimum atomic E-state index is -1.17. The SMILES string of the molecule is N[C@H](CC(=O)OC1CCCCC1)C(=O)O. The average Bonchev–Trinajstić information content (AvgIpc) is 2.18. The second kappa shape index (κ2) is 5.70. The Morgan fingerprint density at radius 2 is 1.93 bits per heavy atom. The molecule has 0 spiro atoms. The van der Waals surface area contributed by atoms with E-state index in [1.54, 1.807) is 0 Å². The van der Waals surface area contributed by atoms with Gasteiger partial charge in [0.1, 0.15) is 12.1 Å². The first-order chi connectivity index (χ1) is 7.09. The monoisotopic (exact) mass is 215 g/mol. The van der Waals surface area contributed by atoms with Crippen LogP contribution in [0.5, 0.6) is 0 Å². The van der Waals surface area contributed by atoms with E-state index in [9.17, 15) is 9.59 Å². The van der Waals surface area contributed by atoms with Crippen LogP contribution in [0.25, 0.3) is 0 Å². The lowest BCUT2D eigenvalue weighted by molar-refractivity contribution is -0.154. The fourth-order valence-electron chi connectivity index (χ4n) is 1.68. The van der Waals surface area contributed by atoms with E-state index in [1.807, 2.05) is 0 Å². The number of carboxylic acids is 1. The lowest BCUT2D eigenvalue weighted by Gasteiger charge is -2.22. The summed E-state index contributed by atoms with van der Waals surface area (Å²) in [6, 6.07) is -1.15. The van der Waals surface area contributed by atoms with E-state index in [-0.39, 0.29) is 12.5 Å². The molecule has 0 radical (unpaired) electrons. The van der Waals surface area contributed by atoms with Crippen molar-refractivity contribution < 1.29 is 19.4 Å². The van der Waals surface area contributed by atoms with Gasteiger partial charge in [-0.25, -0.2) is 0 Å². The highest BCUT2D eigenvalue weighted by Crippen LogP contribution is 2.20. The van der Waals surface area contributed by atoms with Crippen molar-refractivity contribution in [2.75, 3.05) is 0 Å². The Hall–Kier alpha value is -1.10. The van der Waals surface area contributed by atoms with Crippen molar-refractivity contribution >= 4 is 11.9 Å². The quantitative estimate of drug-likeness (QED) is 0.672. The van der Waals surface area contributed by atoms with Crippen molar-refractivity contribution in [1.29, 1.82) is 0 Å². The molecule has 0 aliphatic heterocycles. The molecular formula is C10H17NO4. The number of hydrogen-bond acceptors (Lipinski definition) is 4. The second-order valence-electron chi connectivity index (χ2n) is 3.90. The third kappa shape index (κ3) is 4.29. The van der Waals surface area contributed by atoms with Gasteiger partial charge in [-0.15, -0.1) is 0 Å². The van der Waals surface area contributed by atoms with Gasteiger partial charge in [-0.1, -0.05) is 6.42 Å². The Balaban J connectivity index is 2.25. The van der Waals surface area contributed by atoms with Crippen LogP contribution in [-0.2, 0) is 14.3 Å². The predicted molar refractivity (Wildman–Crippen MR) is 53.2 cm³/mol. The highest BCUT2D eigenvalue weighted by atomic mass is 16.5. The van der Waals surface area contributed by atoms with Crippen LogP contribution in [0.4, 0.5) is 0 Å². The molecule has 1 atom stereocenters. The van der Waals surface area contributed by atoms with Gasteiger partial charge in [0.25, 0.3) is 0 Å². The molecule has 3 N–H and O–H groups in total. The van der Waals surface area contributed by atoms with E-state index in [2.05, 4.69) is 0 Å². The van der Waals surface area contributed by atoms with Crippen LogP contribution in [-0.4, -0.2) is 29.2 Å². The molecule has 5 nitrogen and oxygen atoms in total. The van der Waals surface area contributed by atoms with Crippen molar-refractivity contribution in [3.05, 3.63) is 0 Å². The lowest BCUT2D eigenvalue weighted by Crippen LogP contribution is -2.34. The van der Waals surface area contributed by atoms with Crippen LogP contribution in [0.2, 0.25) is 0 Å². The molecule has 15 heavy (non-hydrogen) atoms. The molecule has 0 bridgehead atoms. The molecule has 0 aromatic carbocycles. The molecule has 1 aliphatic rings. The van der Waals surface area contributed by atoms with E-state index in [0.717, 1.165) is 25.7 Å². The molecular weight excluding hydrogens is 198 g/mol. The van der Waals surface area contributed by atoms with Crippen molar-refractivity contribution in [3.8, 4) is 0 Å². The molecule has 0 aromatic rings. The topological polar surface area (TPSA) is 89.6 Å². The first kappa shape index (κ1) is 12.0. The van der Waals surface area contributed by atoms with Crippen LogP contribution in [0.15, 0.2) is 0 Å². The zero-order chi connectivity index (χ0) is 11.3. The summed E-state index contributed by atoms with van der Waals surface area (Å²) < 4.78 is 5.13. The molecule has 1 fully saturated rings. The highest BCUT2D eigenvalue weighted by molar-refractivity contribution is 5.81. The number of carboxylic acid groups (broad SMARTS) is 1. The first-order valence-electron chi connectivity index (χ1n) is 5.27. The number of hydrogen-bond donors (Lipinski definition) is 2. The van der Waals surface area contributed by atoms with Crippen molar-refractivity contribution in [1.82, 2.24) is 0 Å². The molecule has 0 aromatic heterocycles. The standard InChI is InChI=1S/C10H17NO4/c11-8(10(13)14)6-9(12)15-7-4-2-1-3-5-7/h7-8H,1-6,11H2,(H,13,14)/t8-/m1/s1. The summed E-state index contributed by atoms with van der Waals surface area (Å²) in [5, 5.41) is 8.50. The fraction of sp³-hybridized carbons (Fsp3) is 0.800. The van der Waals surface area contributed by atoms with Gasteiger partial charge < -0.3 is 15.6 Å². The van der Waals surface area contributed by atoms with Gasteiger partial charge in [0.2, 0.25) is 0 Å². The van der Waals surface area contributed by atoms with Crippen LogP contribution in [0.3, 0.4) is 0 Å². The second-order valence-corrected chi connectivity index (χ2v) is 3.90. The lowest BCUT2D eigenvalue weighted by atomic mass is 9.98. The Labute approximate surface area is 88.6 Å². The van der Waals surface area contributed by atoms with Crippen molar-refractivity contribution in [2.24, 2.45) is 5.73 Å². The average molecular weight is 215 g/mol. The number of carbonyl (C=O) groups is 2. The predicted octanol–water partition coefficient (Wildman–Crippen LogP) is 0.664. The van der Waals surface area contributed by atoms with Gasteiger partial charge in [0.15, 0.2) is 0 Å². The van der Waals surface area contributed by atoms with E-state index < -0.39 is 18.0 Å². The van der Waals surface area contributed by atoms with E-state index in [0.29, 0.717) is 0 Å². The smallest absolute Gasteiger partial charge is 0.321 e. The van der Waals surface area contributed by atoms with Gasteiger partial charge in [-0.3, -0.25) is 9.59 Å². The number of carbonyl (C=O) groups excluding carboxylic acids is 1. The van der Waals surface area contributed by atoms with Crippen LogP contribution >= 0.6 is 0 Å². The number of aliphatic carboxylic acids is 1. The maximum absolute atomic E-state index is 11.3. The molecule has 0 amide bonds. The highest BCUT2D eigenvalue weighted by Gasteiger charge is 2.21. The van der Waals surface area contributed by atoms with E-state index >= 15 is 0 Å². The summed E-state index contributed by atoms with van der Waals surface area (Å²) in [5.74, 6) is -1.67. The van der Waals surface area contributed by atoms with E-state index in [1.165, 1.54) is 6.42 Å². The van der Waals surface area contributed by atoms with Crippen LogP contribution < -0.4 is 5.73 Å². The normalized spacial score (nSPS) is 19.5. The molecule has 5 heteroatoms. The summed E-state index contributed by atoms with van der Waals surface area (Å²) in [4.78, 5) is 21.7. The Bertz CT molecular complexity index is 236. The maximum atomic E-state index is 11.3. The van der Waals surface area contributed by atoms with Gasteiger partial charge >= 0.3 is 11.9 Å². The summed E-state index contributed by atoms with van der Waals surface area (Å²) in [5.41, 5.74) is 5.22. The van der Waals surface area contributed by atoms with Crippen molar-refractivity contribution in [3.63, 3.8) is 0 Å². The minimum Gasteiger partial charge on any atom is -0.480 e. The van der Waals surface area contributed by atoms with Gasteiger partial charge in [-0.2, -0.15) is 0 Å². The Morgan fingerprint density at radius 3 is 2.47 bits per heavy atom. The van der Waals surface area contributed by atoms with Gasteiger partial charge in [0, 0.05) is 0 Å². The maximum Gasteiger partial charge on any atom is 0.321 e. The van der Waals surface area contributed by atoms with Crippen LogP contribution in [0.1, 0.15) is 38.5 Å². The minimum absolute atomic E-state index is 0.0350. The Morgan fingerprint density at radius 1 is 1.33 bits per heavy atom. The molecule has 86 valence electrons. The van der Waals surface area contributed by atoms with Gasteiger partial charge in [0.05, 0.1) is 6.42 Å². The molecule has 0 heterocycles. The molecule has 1 aliphatic carbocycles. The third-order valence-corrected chi connectivity index (χ3v) is 2.55. The molecule has 0 saturated heterocycles. The van der Waals surface area contributed by atoms with Crippen molar-refractivity contribution in [2.45, 2.75) is 50.7 Å². The molecule has 1 rings (SSSR count). The summed E-state index contributed by atoms with van der Waals surface area (Å²) >= 11 is 0. The number of rotatable bonds is 4. The summed E-state index contributed by atoms with van der Waals surface area (Å²) in [6.45, 7) is 0. The number of esters is 1. The number of nitrogens with two attached hydrogens (primary N) is 1. The van der Waals surface area contributed by atoms with E-state index in [4.69, 9.17) is 15.6 Å². The Kier molecular flexibility index (Phi) is 4.55. The zero-order valence-electron chi connectivity index (χ0n) is 8.65. The number of ether oxygens (including phenoxy) is 1. The first-order valence-corrected chi connectivity index (χ1v) is 5.27. The molecule has 0 unspecified atom stereocenters.